The number of imidazole rings is 1. The zero-order valence-corrected chi connectivity index (χ0v) is 14.3. The molecule has 0 radical (unpaired) electrons. The maximum absolute atomic E-state index is 12.3. The van der Waals surface area contributed by atoms with Gasteiger partial charge in [0.25, 0.3) is 5.56 Å². The van der Waals surface area contributed by atoms with Crippen molar-refractivity contribution in [3.05, 3.63) is 56.5 Å². The Morgan fingerprint density at radius 1 is 1.13 bits per heavy atom. The lowest BCUT2D eigenvalue weighted by atomic mass is 10.4. The number of benzene rings is 1. The van der Waals surface area contributed by atoms with Gasteiger partial charge in [-0.05, 0) is 24.3 Å². The Bertz CT molecular complexity index is 972. The van der Waals surface area contributed by atoms with E-state index in [1.165, 1.54) is 11.6 Å². The van der Waals surface area contributed by atoms with Crippen molar-refractivity contribution in [3.8, 4) is 0 Å². The first-order valence-corrected chi connectivity index (χ1v) is 8.34. The molecule has 6 nitrogen and oxygen atoms in total. The Morgan fingerprint density at radius 3 is 2.52 bits per heavy atom. The molecule has 2 aromatic heterocycles. The molecule has 0 fully saturated rings. The van der Waals surface area contributed by atoms with Crippen molar-refractivity contribution in [1.29, 1.82) is 0 Å². The van der Waals surface area contributed by atoms with Gasteiger partial charge in [-0.25, -0.2) is 9.78 Å². The van der Waals surface area contributed by atoms with E-state index in [1.807, 2.05) is 24.3 Å². The van der Waals surface area contributed by atoms with Crippen LogP contribution in [-0.2, 0) is 20.6 Å². The average Bonchev–Trinajstić information content (AvgIpc) is 2.97. The van der Waals surface area contributed by atoms with Gasteiger partial charge in [0, 0.05) is 36.3 Å². The molecule has 0 aliphatic carbocycles. The maximum Gasteiger partial charge on any atom is 0.332 e. The van der Waals surface area contributed by atoms with Gasteiger partial charge < -0.3 is 4.57 Å². The van der Waals surface area contributed by atoms with Crippen LogP contribution in [0.1, 0.15) is 0 Å². The molecule has 0 unspecified atom stereocenters. The first-order chi connectivity index (χ1) is 11.0. The Labute approximate surface area is 141 Å². The smallest absolute Gasteiger partial charge is 0.324 e. The normalized spacial score (nSPS) is 11.3. The number of hydrogen-bond donors (Lipinski definition) is 0. The minimum absolute atomic E-state index is 0.322. The third kappa shape index (κ3) is 2.94. The predicted molar refractivity (Wildman–Crippen MR) is 92.4 cm³/mol. The van der Waals surface area contributed by atoms with Crippen LogP contribution >= 0.6 is 23.4 Å². The lowest BCUT2D eigenvalue weighted by Gasteiger charge is -2.06. The van der Waals surface area contributed by atoms with Crippen LogP contribution in [0.4, 0.5) is 0 Å². The van der Waals surface area contributed by atoms with Crippen molar-refractivity contribution >= 4 is 34.5 Å². The van der Waals surface area contributed by atoms with Crippen LogP contribution in [0.3, 0.4) is 0 Å². The van der Waals surface area contributed by atoms with Crippen molar-refractivity contribution in [2.75, 3.05) is 5.75 Å². The molecular weight excluding hydrogens is 336 g/mol. The molecule has 0 spiro atoms. The fourth-order valence-electron chi connectivity index (χ4n) is 2.36. The molecule has 0 saturated carbocycles. The predicted octanol–water partition coefficient (Wildman–Crippen LogP) is 1.88. The third-order valence-electron chi connectivity index (χ3n) is 3.63. The molecule has 3 aromatic rings. The molecule has 3 rings (SSSR count). The third-order valence-corrected chi connectivity index (χ3v) is 4.88. The molecule has 0 N–H and O–H groups in total. The van der Waals surface area contributed by atoms with Gasteiger partial charge in [-0.1, -0.05) is 11.6 Å². The maximum atomic E-state index is 12.3. The molecule has 120 valence electrons. The first kappa shape index (κ1) is 15.9. The van der Waals surface area contributed by atoms with Crippen molar-refractivity contribution in [3.63, 3.8) is 0 Å². The lowest BCUT2D eigenvalue weighted by molar-refractivity contribution is 0.700. The second-order valence-electron chi connectivity index (χ2n) is 5.12. The van der Waals surface area contributed by atoms with Crippen LogP contribution < -0.4 is 11.2 Å². The molecule has 2 heterocycles. The number of thioether (sulfide) groups is 1. The number of aryl methyl sites for hydroxylation is 2. The monoisotopic (exact) mass is 350 g/mol. The zero-order chi connectivity index (χ0) is 16.6. The van der Waals surface area contributed by atoms with Gasteiger partial charge in [-0.3, -0.25) is 13.9 Å². The summed E-state index contributed by atoms with van der Waals surface area (Å²) in [6, 6.07) is 7.62. The Hall–Kier alpha value is -1.99. The van der Waals surface area contributed by atoms with Crippen LogP contribution in [0.15, 0.2) is 45.1 Å². The second kappa shape index (κ2) is 6.25. The topological polar surface area (TPSA) is 61.8 Å². The summed E-state index contributed by atoms with van der Waals surface area (Å²) in [6.45, 7) is 0.622. The number of halogens is 1. The van der Waals surface area contributed by atoms with Crippen LogP contribution in [0.5, 0.6) is 0 Å². The molecule has 8 heteroatoms. The molecule has 0 atom stereocenters. The Kier molecular flexibility index (Phi) is 4.32. The van der Waals surface area contributed by atoms with Crippen LogP contribution in [0.25, 0.3) is 11.2 Å². The molecule has 1 aromatic carbocycles. The van der Waals surface area contributed by atoms with Gasteiger partial charge in [0.1, 0.15) is 0 Å². The van der Waals surface area contributed by atoms with Crippen molar-refractivity contribution in [2.24, 2.45) is 14.1 Å². The largest absolute Gasteiger partial charge is 0.332 e. The molecular formula is C15H15ClN4O2S. The lowest BCUT2D eigenvalue weighted by Crippen LogP contribution is -2.37. The fourth-order valence-corrected chi connectivity index (χ4v) is 3.34. The summed E-state index contributed by atoms with van der Waals surface area (Å²) in [6.07, 6.45) is 1.61. The molecule has 23 heavy (non-hydrogen) atoms. The summed E-state index contributed by atoms with van der Waals surface area (Å²) in [5.41, 5.74) is 0.168. The SMILES string of the molecule is Cn1c(=O)c2c(ncn2CCSc2ccc(Cl)cc2)n(C)c1=O. The van der Waals surface area contributed by atoms with Crippen molar-refractivity contribution in [2.45, 2.75) is 11.4 Å². The Balaban J connectivity index is 1.85. The van der Waals surface area contributed by atoms with Gasteiger partial charge in [0.15, 0.2) is 11.2 Å². The van der Waals surface area contributed by atoms with E-state index < -0.39 is 0 Å². The number of aromatic nitrogens is 4. The highest BCUT2D eigenvalue weighted by Gasteiger charge is 2.13. The highest BCUT2D eigenvalue weighted by molar-refractivity contribution is 7.99. The van der Waals surface area contributed by atoms with Gasteiger partial charge >= 0.3 is 5.69 Å². The van der Waals surface area contributed by atoms with E-state index in [2.05, 4.69) is 4.98 Å². The van der Waals surface area contributed by atoms with Crippen LogP contribution in [0.2, 0.25) is 5.02 Å². The van der Waals surface area contributed by atoms with Crippen molar-refractivity contribution < 1.29 is 0 Å². The minimum atomic E-state index is -0.372. The van der Waals surface area contributed by atoms with Gasteiger partial charge in [0.2, 0.25) is 0 Å². The van der Waals surface area contributed by atoms with Crippen molar-refractivity contribution in [1.82, 2.24) is 18.7 Å². The molecule has 0 saturated heterocycles. The minimum Gasteiger partial charge on any atom is -0.324 e. The molecule has 0 aliphatic rings. The van der Waals surface area contributed by atoms with E-state index >= 15 is 0 Å². The van der Waals surface area contributed by atoms with Crippen LogP contribution in [0, 0.1) is 0 Å². The average molecular weight is 351 g/mol. The summed E-state index contributed by atoms with van der Waals surface area (Å²) < 4.78 is 4.28. The quantitative estimate of drug-likeness (QED) is 0.674. The standard InChI is InChI=1S/C15H15ClN4O2S/c1-18-13-12(14(21)19(2)15(18)22)20(9-17-13)7-8-23-11-5-3-10(16)4-6-11/h3-6,9H,7-8H2,1-2H3. The van der Waals surface area contributed by atoms with E-state index in [0.29, 0.717) is 22.7 Å². The van der Waals surface area contributed by atoms with E-state index in [4.69, 9.17) is 11.6 Å². The highest BCUT2D eigenvalue weighted by atomic mass is 35.5. The summed E-state index contributed by atoms with van der Waals surface area (Å²) in [7, 11) is 3.09. The number of nitrogens with zero attached hydrogens (tertiary/aromatic N) is 4. The number of rotatable bonds is 4. The highest BCUT2D eigenvalue weighted by Crippen LogP contribution is 2.20. The molecule has 0 aliphatic heterocycles. The summed E-state index contributed by atoms with van der Waals surface area (Å²) in [4.78, 5) is 29.5. The van der Waals surface area contributed by atoms with E-state index in [0.717, 1.165) is 15.2 Å². The fraction of sp³-hybridized carbons (Fsp3) is 0.267. The summed E-state index contributed by atoms with van der Waals surface area (Å²) >= 11 is 7.53. The number of hydrogen-bond acceptors (Lipinski definition) is 4. The summed E-state index contributed by atoms with van der Waals surface area (Å²) in [5.74, 6) is 0.777. The zero-order valence-electron chi connectivity index (χ0n) is 12.7. The van der Waals surface area contributed by atoms with Gasteiger partial charge in [-0.2, -0.15) is 0 Å². The van der Waals surface area contributed by atoms with Gasteiger partial charge in [-0.15, -0.1) is 11.8 Å². The van der Waals surface area contributed by atoms with E-state index in [1.54, 1.807) is 29.7 Å². The van der Waals surface area contributed by atoms with Gasteiger partial charge in [0.05, 0.1) is 6.33 Å². The van der Waals surface area contributed by atoms with Crippen LogP contribution in [-0.4, -0.2) is 24.4 Å². The first-order valence-electron chi connectivity index (χ1n) is 6.98. The summed E-state index contributed by atoms with van der Waals surface area (Å²) in [5, 5.41) is 0.708. The molecule has 0 bridgehead atoms. The Morgan fingerprint density at radius 2 is 1.83 bits per heavy atom. The number of fused-ring (bicyclic) bond motifs is 1. The van der Waals surface area contributed by atoms with E-state index in [-0.39, 0.29) is 11.2 Å². The second-order valence-corrected chi connectivity index (χ2v) is 6.72. The molecule has 0 amide bonds. The van der Waals surface area contributed by atoms with E-state index in [9.17, 15) is 9.59 Å².